The summed E-state index contributed by atoms with van der Waals surface area (Å²) in [6, 6.07) is 0.217. The Balaban J connectivity index is 2.65. The molecule has 1 rings (SSSR count). The lowest BCUT2D eigenvalue weighted by Crippen LogP contribution is -2.45. The van der Waals surface area contributed by atoms with Gasteiger partial charge in [-0.3, -0.25) is 0 Å². The molecule has 1 fully saturated rings. The second kappa shape index (κ2) is 5.25. The van der Waals surface area contributed by atoms with Gasteiger partial charge in [0.1, 0.15) is 5.60 Å². The summed E-state index contributed by atoms with van der Waals surface area (Å²) < 4.78 is 5.41. The van der Waals surface area contributed by atoms with Crippen molar-refractivity contribution in [2.45, 2.75) is 65.1 Å². The van der Waals surface area contributed by atoms with E-state index in [9.17, 15) is 4.79 Å². The van der Waals surface area contributed by atoms with Crippen LogP contribution in [0.1, 0.15) is 47.5 Å². The molecule has 0 spiro atoms. The molecule has 2 N–H and O–H groups in total. The van der Waals surface area contributed by atoms with Gasteiger partial charge in [0, 0.05) is 12.6 Å². The van der Waals surface area contributed by atoms with E-state index in [1.807, 2.05) is 20.8 Å². The van der Waals surface area contributed by atoms with Crippen LogP contribution in [0.5, 0.6) is 0 Å². The van der Waals surface area contributed by atoms with Gasteiger partial charge in [-0.2, -0.15) is 0 Å². The van der Waals surface area contributed by atoms with Crippen molar-refractivity contribution in [3.8, 4) is 0 Å². The summed E-state index contributed by atoms with van der Waals surface area (Å²) in [5, 5.41) is 0. The minimum atomic E-state index is -0.438. The molecule has 4 nitrogen and oxygen atoms in total. The van der Waals surface area contributed by atoms with E-state index in [1.165, 1.54) is 0 Å². The van der Waals surface area contributed by atoms with Crippen LogP contribution in [0.15, 0.2) is 0 Å². The number of nitrogens with zero attached hydrogens (tertiary/aromatic N) is 1. The van der Waals surface area contributed by atoms with Crippen molar-refractivity contribution in [2.24, 2.45) is 11.7 Å². The maximum atomic E-state index is 12.0. The zero-order valence-corrected chi connectivity index (χ0v) is 11.7. The molecule has 2 atom stereocenters. The lowest BCUT2D eigenvalue weighted by atomic mass is 9.99. The monoisotopic (exact) mass is 242 g/mol. The van der Waals surface area contributed by atoms with Crippen molar-refractivity contribution in [3.63, 3.8) is 0 Å². The predicted octanol–water partition coefficient (Wildman–Crippen LogP) is 2.37. The Hall–Kier alpha value is -0.770. The van der Waals surface area contributed by atoms with Gasteiger partial charge in [0.05, 0.1) is 6.04 Å². The number of rotatable bonds is 2. The Labute approximate surface area is 104 Å². The number of carbonyl (C=O) groups is 1. The Morgan fingerprint density at radius 3 is 2.53 bits per heavy atom. The SMILES string of the molecule is CC(C)CC1C(N)CCN1C(=O)OC(C)(C)C. The summed E-state index contributed by atoms with van der Waals surface area (Å²) in [4.78, 5) is 13.8. The number of hydrogen-bond donors (Lipinski definition) is 1. The van der Waals surface area contributed by atoms with Crippen molar-refractivity contribution < 1.29 is 9.53 Å². The van der Waals surface area contributed by atoms with Gasteiger partial charge in [-0.1, -0.05) is 13.8 Å². The molecule has 1 aliphatic heterocycles. The quantitative estimate of drug-likeness (QED) is 0.808. The average molecular weight is 242 g/mol. The molecule has 0 radical (unpaired) electrons. The van der Waals surface area contributed by atoms with Crippen LogP contribution in [0.25, 0.3) is 0 Å². The highest BCUT2D eigenvalue weighted by Gasteiger charge is 2.37. The third kappa shape index (κ3) is 4.19. The average Bonchev–Trinajstić information content (AvgIpc) is 2.44. The lowest BCUT2D eigenvalue weighted by molar-refractivity contribution is 0.0205. The van der Waals surface area contributed by atoms with Crippen molar-refractivity contribution in [2.75, 3.05) is 6.54 Å². The summed E-state index contributed by atoms with van der Waals surface area (Å²) in [5.74, 6) is 0.536. The minimum absolute atomic E-state index is 0.0879. The first-order valence-corrected chi connectivity index (χ1v) is 6.46. The number of carbonyl (C=O) groups excluding carboxylic acids is 1. The van der Waals surface area contributed by atoms with Gasteiger partial charge in [0.2, 0.25) is 0 Å². The van der Waals surface area contributed by atoms with Crippen LogP contribution in [-0.4, -0.2) is 35.2 Å². The smallest absolute Gasteiger partial charge is 0.410 e. The zero-order chi connectivity index (χ0) is 13.2. The summed E-state index contributed by atoms with van der Waals surface area (Å²) >= 11 is 0. The standard InChI is InChI=1S/C13H26N2O2/c1-9(2)8-11-10(14)6-7-15(11)12(16)17-13(3,4)5/h9-11H,6-8,14H2,1-5H3. The predicted molar refractivity (Wildman–Crippen MR) is 68.8 cm³/mol. The van der Waals surface area contributed by atoms with Crippen LogP contribution in [0.3, 0.4) is 0 Å². The van der Waals surface area contributed by atoms with Gasteiger partial charge >= 0.3 is 6.09 Å². The summed E-state index contributed by atoms with van der Waals surface area (Å²) in [5.41, 5.74) is 5.63. The zero-order valence-electron chi connectivity index (χ0n) is 11.7. The number of amides is 1. The number of ether oxygens (including phenoxy) is 1. The van der Waals surface area contributed by atoms with Gasteiger partial charge in [0.15, 0.2) is 0 Å². The Bertz CT molecular complexity index is 271. The topological polar surface area (TPSA) is 55.6 Å². The molecule has 2 unspecified atom stereocenters. The summed E-state index contributed by atoms with van der Waals surface area (Å²) in [6.45, 7) is 10.7. The first-order valence-electron chi connectivity index (χ1n) is 6.46. The molecule has 0 aromatic carbocycles. The largest absolute Gasteiger partial charge is 0.444 e. The van der Waals surface area contributed by atoms with Crippen LogP contribution < -0.4 is 5.73 Å². The van der Waals surface area contributed by atoms with Crippen LogP contribution in [0.2, 0.25) is 0 Å². The fourth-order valence-electron chi connectivity index (χ4n) is 2.21. The van der Waals surface area contributed by atoms with E-state index in [4.69, 9.17) is 10.5 Å². The van der Waals surface area contributed by atoms with Crippen molar-refractivity contribution in [1.82, 2.24) is 4.90 Å². The Morgan fingerprint density at radius 2 is 2.06 bits per heavy atom. The molecule has 0 bridgehead atoms. The fourth-order valence-corrected chi connectivity index (χ4v) is 2.21. The molecule has 1 amide bonds. The van der Waals surface area contributed by atoms with Gasteiger partial charge in [-0.05, 0) is 39.5 Å². The van der Waals surface area contributed by atoms with Crippen molar-refractivity contribution in [1.29, 1.82) is 0 Å². The molecule has 4 heteroatoms. The normalized spacial score (nSPS) is 25.5. The molecule has 17 heavy (non-hydrogen) atoms. The summed E-state index contributed by atoms with van der Waals surface area (Å²) in [6.07, 6.45) is 1.59. The second-order valence-electron chi connectivity index (χ2n) is 6.32. The second-order valence-corrected chi connectivity index (χ2v) is 6.32. The van der Waals surface area contributed by atoms with Gasteiger partial charge in [-0.25, -0.2) is 4.79 Å². The molecular weight excluding hydrogens is 216 g/mol. The molecule has 1 heterocycles. The number of likely N-dealkylation sites (tertiary alicyclic amines) is 1. The minimum Gasteiger partial charge on any atom is -0.444 e. The van der Waals surface area contributed by atoms with E-state index in [0.717, 1.165) is 12.8 Å². The lowest BCUT2D eigenvalue weighted by Gasteiger charge is -2.30. The van der Waals surface area contributed by atoms with Crippen molar-refractivity contribution in [3.05, 3.63) is 0 Å². The Kier molecular flexibility index (Phi) is 4.42. The molecule has 1 saturated heterocycles. The van der Waals surface area contributed by atoms with E-state index >= 15 is 0 Å². The van der Waals surface area contributed by atoms with E-state index in [1.54, 1.807) is 4.90 Å². The highest BCUT2D eigenvalue weighted by molar-refractivity contribution is 5.69. The third-order valence-corrected chi connectivity index (χ3v) is 2.94. The molecule has 0 saturated carbocycles. The van der Waals surface area contributed by atoms with Gasteiger partial charge < -0.3 is 15.4 Å². The fraction of sp³-hybridized carbons (Fsp3) is 0.923. The van der Waals surface area contributed by atoms with Crippen LogP contribution >= 0.6 is 0 Å². The first kappa shape index (κ1) is 14.3. The third-order valence-electron chi connectivity index (χ3n) is 2.94. The Morgan fingerprint density at radius 1 is 1.47 bits per heavy atom. The van der Waals surface area contributed by atoms with E-state index < -0.39 is 5.60 Å². The van der Waals surface area contributed by atoms with Gasteiger partial charge in [0.25, 0.3) is 0 Å². The van der Waals surface area contributed by atoms with Crippen molar-refractivity contribution >= 4 is 6.09 Å². The van der Waals surface area contributed by atoms with Crippen LogP contribution in [-0.2, 0) is 4.74 Å². The van der Waals surface area contributed by atoms with E-state index in [-0.39, 0.29) is 18.2 Å². The molecule has 0 aromatic rings. The highest BCUT2D eigenvalue weighted by Crippen LogP contribution is 2.24. The highest BCUT2D eigenvalue weighted by atomic mass is 16.6. The first-order chi connectivity index (χ1) is 7.70. The van der Waals surface area contributed by atoms with E-state index in [0.29, 0.717) is 12.5 Å². The maximum Gasteiger partial charge on any atom is 0.410 e. The van der Waals surface area contributed by atoms with Gasteiger partial charge in [-0.15, -0.1) is 0 Å². The van der Waals surface area contributed by atoms with E-state index in [2.05, 4.69) is 13.8 Å². The van der Waals surface area contributed by atoms with Crippen LogP contribution in [0, 0.1) is 5.92 Å². The molecule has 0 aliphatic carbocycles. The molecule has 0 aromatic heterocycles. The molecular formula is C13H26N2O2. The molecule has 1 aliphatic rings. The number of hydrogen-bond acceptors (Lipinski definition) is 3. The maximum absolute atomic E-state index is 12.0. The number of nitrogens with two attached hydrogens (primary N) is 1. The molecule has 100 valence electrons. The summed E-state index contributed by atoms with van der Waals surface area (Å²) in [7, 11) is 0. The van der Waals surface area contributed by atoms with Crippen LogP contribution in [0.4, 0.5) is 4.79 Å².